The summed E-state index contributed by atoms with van der Waals surface area (Å²) in [6.07, 6.45) is -4.48. The molecule has 1 heterocycles. The van der Waals surface area contributed by atoms with Crippen molar-refractivity contribution in [1.82, 2.24) is 5.32 Å². The second-order valence-electron chi connectivity index (χ2n) is 9.86. The van der Waals surface area contributed by atoms with Crippen LogP contribution in [0.2, 0.25) is 0 Å². The smallest absolute Gasteiger partial charge is 1.00 e. The van der Waals surface area contributed by atoms with E-state index in [1.165, 1.54) is 36.4 Å². The zero-order chi connectivity index (χ0) is 30.1. The zero-order valence-electron chi connectivity index (χ0n) is 24.0. The molecule has 0 spiro atoms. The molecule has 7 nitrogen and oxygen atoms in total. The van der Waals surface area contributed by atoms with Crippen molar-refractivity contribution in [3.8, 4) is 11.1 Å². The first-order valence-corrected chi connectivity index (χ1v) is 14.3. The number of carboxylic acids is 1. The maximum absolute atomic E-state index is 13.9. The number of rotatable bonds is 8. The number of anilines is 1. The molecule has 0 aromatic heterocycles. The predicted octanol–water partition coefficient (Wildman–Crippen LogP) is 2.55. The molecule has 5 rings (SSSR count). The average Bonchev–Trinajstić information content (AvgIpc) is 3.37. The Bertz CT molecular complexity index is 1750. The molecule has 4 aromatic carbocycles. The van der Waals surface area contributed by atoms with Gasteiger partial charge in [0.1, 0.15) is 6.04 Å². The molecule has 0 fully saturated rings. The van der Waals surface area contributed by atoms with Crippen LogP contribution in [0.3, 0.4) is 0 Å². The van der Waals surface area contributed by atoms with E-state index in [9.17, 15) is 31.2 Å². The molecule has 0 unspecified atom stereocenters. The van der Waals surface area contributed by atoms with Gasteiger partial charge in [-0.2, -0.15) is 13.2 Å². The van der Waals surface area contributed by atoms with Crippen molar-refractivity contribution in [2.75, 3.05) is 4.31 Å². The topological polar surface area (TPSA) is 104 Å². The number of hydrogen-bond donors (Lipinski definition) is 2. The Morgan fingerprint density at radius 1 is 0.884 bits per heavy atom. The predicted molar refractivity (Wildman–Crippen MR) is 151 cm³/mol. The minimum absolute atomic E-state index is 0. The van der Waals surface area contributed by atoms with Gasteiger partial charge in [0.25, 0.3) is 10.0 Å². The summed E-state index contributed by atoms with van der Waals surface area (Å²) in [5, 5.41) is 11.7. The summed E-state index contributed by atoms with van der Waals surface area (Å²) >= 11 is 0. The molecule has 0 aliphatic carbocycles. The van der Waals surface area contributed by atoms with Crippen molar-refractivity contribution < 1.29 is 89.1 Å². The molecule has 1 aliphatic heterocycles. The number of halogens is 3. The monoisotopic (exact) mass is 634 g/mol. The quantitative estimate of drug-likeness (QED) is 0.290. The summed E-state index contributed by atoms with van der Waals surface area (Å²) in [5.74, 6) is -1.46. The van der Waals surface area contributed by atoms with Crippen molar-refractivity contribution in [3.63, 3.8) is 0 Å². The first-order valence-electron chi connectivity index (χ1n) is 12.9. The molecule has 0 radical (unpaired) electrons. The van der Waals surface area contributed by atoms with Crippen molar-refractivity contribution in [1.29, 1.82) is 0 Å². The number of hydrogen-bond acceptors (Lipinski definition) is 4. The summed E-state index contributed by atoms with van der Waals surface area (Å²) in [7, 11) is -4.24. The number of sulfonamides is 1. The number of nitrogens with one attached hydrogen (secondary N) is 1. The van der Waals surface area contributed by atoms with E-state index < -0.39 is 39.7 Å². The van der Waals surface area contributed by atoms with Gasteiger partial charge in [-0.25, -0.2) is 8.42 Å². The third kappa shape index (κ3) is 7.39. The molecule has 1 aliphatic rings. The molecule has 0 bridgehead atoms. The number of alkyl halides is 3. The first kappa shape index (κ1) is 32.9. The van der Waals surface area contributed by atoms with Crippen LogP contribution in [-0.4, -0.2) is 31.4 Å². The summed E-state index contributed by atoms with van der Waals surface area (Å²) in [6.45, 7) is 0.110. The molecule has 0 saturated heterocycles. The normalized spacial score (nSPS) is 14.5. The molecule has 0 saturated carbocycles. The van der Waals surface area contributed by atoms with Crippen molar-refractivity contribution in [2.45, 2.75) is 36.5 Å². The fourth-order valence-electron chi connectivity index (χ4n) is 4.92. The molecule has 43 heavy (non-hydrogen) atoms. The van der Waals surface area contributed by atoms with Gasteiger partial charge < -0.3 is 11.8 Å². The summed E-state index contributed by atoms with van der Waals surface area (Å²) in [5.41, 5.74) is 2.26. The van der Waals surface area contributed by atoms with E-state index in [0.29, 0.717) is 27.9 Å². The van der Waals surface area contributed by atoms with Crippen molar-refractivity contribution >= 4 is 27.6 Å². The van der Waals surface area contributed by atoms with Crippen LogP contribution < -0.4 is 61.0 Å². The summed E-state index contributed by atoms with van der Waals surface area (Å²) in [4.78, 5) is 24.1. The van der Waals surface area contributed by atoms with Crippen LogP contribution in [0.4, 0.5) is 18.9 Å². The Balaban J connectivity index is 0.00000264. The van der Waals surface area contributed by atoms with Gasteiger partial charge in [0.15, 0.2) is 0 Å². The second kappa shape index (κ2) is 13.3. The van der Waals surface area contributed by atoms with Gasteiger partial charge in [0, 0.05) is 13.0 Å². The SMILES string of the molecule is O=C(O)Cc1ccc(CNC(=O)[C@@H]2Cc3ccccc3N2S(=O)(=O)c2ccc(-c3cccc(C(F)(F)F)c3)cc2)cc1.[H-].[K+]. The molecule has 1 amide bonds. The van der Waals surface area contributed by atoms with E-state index in [-0.39, 0.29) is 82.7 Å². The van der Waals surface area contributed by atoms with Crippen LogP contribution in [0.1, 0.15) is 23.7 Å². The maximum Gasteiger partial charge on any atom is 1.00 e. The first-order chi connectivity index (χ1) is 19.9. The van der Waals surface area contributed by atoms with Gasteiger partial charge in [-0.3, -0.25) is 13.9 Å². The van der Waals surface area contributed by atoms with E-state index in [0.717, 1.165) is 16.4 Å². The van der Waals surface area contributed by atoms with E-state index in [1.807, 2.05) is 0 Å². The molecule has 12 heteroatoms. The zero-order valence-corrected chi connectivity index (χ0v) is 26.9. The molecule has 1 atom stereocenters. The minimum atomic E-state index is -4.51. The maximum atomic E-state index is 13.9. The number of aliphatic carboxylic acids is 1. The molecule has 4 aromatic rings. The van der Waals surface area contributed by atoms with Gasteiger partial charge in [-0.1, -0.05) is 66.7 Å². The van der Waals surface area contributed by atoms with Crippen molar-refractivity contribution in [2.24, 2.45) is 0 Å². The van der Waals surface area contributed by atoms with E-state index in [4.69, 9.17) is 5.11 Å². The number of nitrogens with zero attached hydrogens (tertiary/aromatic N) is 1. The number of amides is 1. The largest absolute Gasteiger partial charge is 1.00 e. The van der Waals surface area contributed by atoms with Gasteiger partial charge in [-0.05, 0) is 58.1 Å². The summed E-state index contributed by atoms with van der Waals surface area (Å²) < 4.78 is 68.4. The molecule has 218 valence electrons. The van der Waals surface area contributed by atoms with Crippen LogP contribution in [0.25, 0.3) is 11.1 Å². The molecular weight excluding hydrogens is 609 g/mol. The van der Waals surface area contributed by atoms with Gasteiger partial charge in [0.2, 0.25) is 5.91 Å². The van der Waals surface area contributed by atoms with E-state index in [2.05, 4.69) is 5.32 Å². The van der Waals surface area contributed by atoms with Crippen LogP contribution in [0, 0.1) is 0 Å². The fourth-order valence-corrected chi connectivity index (χ4v) is 6.57. The molecule has 2 N–H and O–H groups in total. The Labute approximate surface area is 290 Å². The number of carbonyl (C=O) groups excluding carboxylic acids is 1. The van der Waals surface area contributed by atoms with E-state index >= 15 is 0 Å². The second-order valence-corrected chi connectivity index (χ2v) is 11.7. The third-order valence-electron chi connectivity index (χ3n) is 7.01. The number of carboxylic acid groups (broad SMARTS) is 1. The molecular formula is C31H26F3KN2O5S. The number of carbonyl (C=O) groups is 2. The minimum Gasteiger partial charge on any atom is -1.00 e. The Morgan fingerprint density at radius 3 is 2.19 bits per heavy atom. The van der Waals surface area contributed by atoms with Gasteiger partial charge in [0.05, 0.1) is 22.6 Å². The van der Waals surface area contributed by atoms with Crippen LogP contribution >= 0.6 is 0 Å². The van der Waals surface area contributed by atoms with Gasteiger partial charge >= 0.3 is 63.5 Å². The average molecular weight is 635 g/mol. The van der Waals surface area contributed by atoms with Crippen LogP contribution in [-0.2, 0) is 45.2 Å². The van der Waals surface area contributed by atoms with Crippen LogP contribution in [0.5, 0.6) is 0 Å². The Morgan fingerprint density at radius 2 is 1.53 bits per heavy atom. The third-order valence-corrected chi connectivity index (χ3v) is 8.84. The van der Waals surface area contributed by atoms with Crippen molar-refractivity contribution in [3.05, 3.63) is 119 Å². The fraction of sp³-hybridized carbons (Fsp3) is 0.161. The number of fused-ring (bicyclic) bond motifs is 1. The van der Waals surface area contributed by atoms with Gasteiger partial charge in [-0.15, -0.1) is 0 Å². The number of benzene rings is 4. The van der Waals surface area contributed by atoms with Crippen LogP contribution in [0.15, 0.2) is 102 Å². The van der Waals surface area contributed by atoms with E-state index in [1.54, 1.807) is 48.5 Å². The Hall–Kier alpha value is -3.00. The standard InChI is InChI=1S/C31H25F3N2O5S.K.H/c32-31(33,34)25-6-3-5-23(17-25)22-12-14-26(15-13-22)42(40,41)36-27-7-2-1-4-24(27)18-28(36)30(39)35-19-21-10-8-20(9-11-21)16-29(37)38;;/h1-15,17,28H,16,18-19H2,(H,35,39)(H,37,38);;/q;+1;-1/t28-;;/m0../s1. The summed E-state index contributed by atoms with van der Waals surface area (Å²) in [6, 6.07) is 22.7. The number of para-hydroxylation sites is 1. The Kier molecular flexibility index (Phi) is 10.2.